The number of benzene rings is 1. The molecule has 0 bridgehead atoms. The first-order chi connectivity index (χ1) is 12.2. The molecule has 0 spiro atoms. The number of hydrogen-bond acceptors (Lipinski definition) is 8. The van der Waals surface area contributed by atoms with Crippen molar-refractivity contribution in [2.75, 3.05) is 18.7 Å². The summed E-state index contributed by atoms with van der Waals surface area (Å²) in [5, 5.41) is 13.1. The number of rotatable bonds is 5. The number of ether oxygens (including phenoxy) is 1. The number of nitrogens with one attached hydrogen (secondary N) is 1. The molecular formula is C17H14N6OS. The number of thioether (sulfide) groups is 1. The Morgan fingerprint density at radius 3 is 2.64 bits per heavy atom. The van der Waals surface area contributed by atoms with Gasteiger partial charge in [0.15, 0.2) is 22.4 Å². The van der Waals surface area contributed by atoms with E-state index in [9.17, 15) is 5.26 Å². The van der Waals surface area contributed by atoms with Gasteiger partial charge in [-0.15, -0.1) is 0 Å². The first-order valence-corrected chi connectivity index (χ1v) is 8.52. The van der Waals surface area contributed by atoms with Gasteiger partial charge in [0.05, 0.1) is 7.11 Å². The minimum absolute atomic E-state index is 0.242. The molecule has 3 rings (SSSR count). The highest BCUT2D eigenvalue weighted by Gasteiger charge is 2.15. The number of anilines is 2. The van der Waals surface area contributed by atoms with Crippen molar-refractivity contribution in [3.63, 3.8) is 0 Å². The van der Waals surface area contributed by atoms with E-state index >= 15 is 0 Å². The smallest absolute Gasteiger partial charge is 0.237 e. The Balaban J connectivity index is 1.99. The van der Waals surface area contributed by atoms with Crippen molar-refractivity contribution >= 4 is 23.3 Å². The summed E-state index contributed by atoms with van der Waals surface area (Å²) in [5.41, 5.74) is 1.87. The van der Waals surface area contributed by atoms with Gasteiger partial charge < -0.3 is 10.1 Å². The molecule has 124 valence electrons. The molecule has 3 aromatic rings. The van der Waals surface area contributed by atoms with Gasteiger partial charge >= 0.3 is 0 Å². The third-order valence-electron chi connectivity index (χ3n) is 3.29. The largest absolute Gasteiger partial charge is 0.480 e. The van der Waals surface area contributed by atoms with E-state index in [0.29, 0.717) is 16.8 Å². The number of methoxy groups -OCH3 is 1. The van der Waals surface area contributed by atoms with E-state index in [4.69, 9.17) is 4.74 Å². The third-order valence-corrected chi connectivity index (χ3v) is 3.84. The number of hydrogen-bond donors (Lipinski definition) is 1. The zero-order valence-corrected chi connectivity index (χ0v) is 14.4. The van der Waals surface area contributed by atoms with Crippen molar-refractivity contribution in [2.45, 2.75) is 5.16 Å². The Hall–Kier alpha value is -3.18. The zero-order chi connectivity index (χ0) is 17.6. The van der Waals surface area contributed by atoms with E-state index in [1.807, 2.05) is 30.5 Å². The Bertz CT molecular complexity index is 926. The van der Waals surface area contributed by atoms with Crippen molar-refractivity contribution in [1.29, 1.82) is 5.26 Å². The fourth-order valence-electron chi connectivity index (χ4n) is 2.17. The number of aromatic nitrogens is 4. The molecule has 0 aliphatic rings. The molecule has 25 heavy (non-hydrogen) atoms. The summed E-state index contributed by atoms with van der Waals surface area (Å²) in [4.78, 5) is 17.1. The van der Waals surface area contributed by atoms with E-state index < -0.39 is 0 Å². The van der Waals surface area contributed by atoms with Crippen molar-refractivity contribution in [3.8, 4) is 23.3 Å². The molecule has 0 fully saturated rings. The van der Waals surface area contributed by atoms with Gasteiger partial charge in [-0.25, -0.2) is 15.0 Å². The Kier molecular flexibility index (Phi) is 5.06. The standard InChI is InChI=1S/C17H14N6OS/c1-24-16-13(10-18)15(22-17(23-16)25-2)21-12-6-3-5-11(9-12)14-19-7-4-8-20-14/h3-9H,1-2H3,(H,21,22,23). The molecule has 0 amide bonds. The van der Waals surface area contributed by atoms with Crippen LogP contribution in [0.5, 0.6) is 5.88 Å². The van der Waals surface area contributed by atoms with Gasteiger partial charge in [-0.2, -0.15) is 10.2 Å². The lowest BCUT2D eigenvalue weighted by atomic mass is 10.2. The van der Waals surface area contributed by atoms with E-state index in [2.05, 4.69) is 31.3 Å². The Morgan fingerprint density at radius 2 is 1.96 bits per heavy atom. The molecule has 8 heteroatoms. The van der Waals surface area contributed by atoms with Crippen LogP contribution < -0.4 is 10.1 Å². The molecule has 0 radical (unpaired) electrons. The highest BCUT2D eigenvalue weighted by Crippen LogP contribution is 2.28. The number of nitriles is 1. The number of nitrogens with zero attached hydrogens (tertiary/aromatic N) is 5. The average molecular weight is 350 g/mol. The summed E-state index contributed by atoms with van der Waals surface area (Å²) in [6.45, 7) is 0. The maximum absolute atomic E-state index is 9.43. The van der Waals surface area contributed by atoms with Gasteiger partial charge in [-0.1, -0.05) is 23.9 Å². The molecule has 0 atom stereocenters. The molecule has 0 aliphatic heterocycles. The summed E-state index contributed by atoms with van der Waals surface area (Å²) in [6, 6.07) is 11.4. The van der Waals surface area contributed by atoms with Crippen LogP contribution in [0.2, 0.25) is 0 Å². The van der Waals surface area contributed by atoms with Gasteiger partial charge in [-0.05, 0) is 24.5 Å². The summed E-state index contributed by atoms with van der Waals surface area (Å²) < 4.78 is 5.20. The lowest BCUT2D eigenvalue weighted by molar-refractivity contribution is 0.391. The molecule has 0 saturated heterocycles. The van der Waals surface area contributed by atoms with E-state index in [0.717, 1.165) is 11.3 Å². The lowest BCUT2D eigenvalue weighted by Gasteiger charge is -2.11. The van der Waals surface area contributed by atoms with Crippen LogP contribution in [0, 0.1) is 11.3 Å². The van der Waals surface area contributed by atoms with E-state index in [1.54, 1.807) is 18.5 Å². The molecule has 2 heterocycles. The highest BCUT2D eigenvalue weighted by atomic mass is 32.2. The van der Waals surface area contributed by atoms with Crippen molar-refractivity contribution in [1.82, 2.24) is 19.9 Å². The molecule has 0 unspecified atom stereocenters. The topological polar surface area (TPSA) is 96.6 Å². The zero-order valence-electron chi connectivity index (χ0n) is 13.6. The first kappa shape index (κ1) is 16.7. The fourth-order valence-corrected chi connectivity index (χ4v) is 2.53. The van der Waals surface area contributed by atoms with Gasteiger partial charge in [0, 0.05) is 23.6 Å². The SMILES string of the molecule is COc1nc(SC)nc(Nc2cccc(-c3ncccn3)c2)c1C#N. The van der Waals surface area contributed by atoms with Crippen LogP contribution in [0.4, 0.5) is 11.5 Å². The van der Waals surface area contributed by atoms with Crippen LogP contribution in [0.3, 0.4) is 0 Å². The molecule has 7 nitrogen and oxygen atoms in total. The van der Waals surface area contributed by atoms with Crippen LogP contribution in [-0.2, 0) is 0 Å². The molecule has 2 aromatic heterocycles. The van der Waals surface area contributed by atoms with Crippen LogP contribution in [0.1, 0.15) is 5.56 Å². The minimum atomic E-state index is 0.242. The Morgan fingerprint density at radius 1 is 1.16 bits per heavy atom. The average Bonchev–Trinajstić information content (AvgIpc) is 2.68. The maximum atomic E-state index is 9.43. The predicted octanol–water partition coefficient (Wildman–Crippen LogP) is 3.28. The summed E-state index contributed by atoms with van der Waals surface area (Å²) in [6.07, 6.45) is 5.24. The summed E-state index contributed by atoms with van der Waals surface area (Å²) >= 11 is 1.37. The van der Waals surface area contributed by atoms with Gasteiger partial charge in [-0.3, -0.25) is 0 Å². The molecular weight excluding hydrogens is 336 g/mol. The molecule has 1 aromatic carbocycles. The molecule has 0 aliphatic carbocycles. The summed E-state index contributed by atoms with van der Waals surface area (Å²) in [5.74, 6) is 1.26. The maximum Gasteiger partial charge on any atom is 0.237 e. The third kappa shape index (κ3) is 3.67. The highest BCUT2D eigenvalue weighted by molar-refractivity contribution is 7.98. The first-order valence-electron chi connectivity index (χ1n) is 7.29. The van der Waals surface area contributed by atoms with Crippen LogP contribution >= 0.6 is 11.8 Å². The van der Waals surface area contributed by atoms with Gasteiger partial charge in [0.1, 0.15) is 6.07 Å². The van der Waals surface area contributed by atoms with Gasteiger partial charge in [0.25, 0.3) is 0 Å². The normalized spacial score (nSPS) is 10.1. The van der Waals surface area contributed by atoms with E-state index in [-0.39, 0.29) is 11.4 Å². The summed E-state index contributed by atoms with van der Waals surface area (Å²) in [7, 11) is 1.48. The second-order valence-corrected chi connectivity index (χ2v) is 5.61. The van der Waals surface area contributed by atoms with Crippen LogP contribution in [0.15, 0.2) is 47.9 Å². The predicted molar refractivity (Wildman–Crippen MR) is 95.8 cm³/mol. The second kappa shape index (κ2) is 7.59. The fraction of sp³-hybridized carbons (Fsp3) is 0.118. The van der Waals surface area contributed by atoms with Crippen molar-refractivity contribution in [2.24, 2.45) is 0 Å². The van der Waals surface area contributed by atoms with E-state index in [1.165, 1.54) is 18.9 Å². The Labute approximate surface area is 149 Å². The quantitative estimate of drug-likeness (QED) is 0.553. The van der Waals surface area contributed by atoms with Crippen molar-refractivity contribution < 1.29 is 4.74 Å². The minimum Gasteiger partial charge on any atom is -0.480 e. The molecule has 0 saturated carbocycles. The van der Waals surface area contributed by atoms with Gasteiger partial charge in [0.2, 0.25) is 5.88 Å². The lowest BCUT2D eigenvalue weighted by Crippen LogP contribution is -2.03. The monoisotopic (exact) mass is 350 g/mol. The van der Waals surface area contributed by atoms with Crippen LogP contribution in [-0.4, -0.2) is 33.3 Å². The second-order valence-electron chi connectivity index (χ2n) is 4.83. The van der Waals surface area contributed by atoms with Crippen molar-refractivity contribution in [3.05, 3.63) is 48.3 Å². The molecule has 1 N–H and O–H groups in total. The van der Waals surface area contributed by atoms with Crippen LogP contribution in [0.25, 0.3) is 11.4 Å².